The molecule has 4 unspecified atom stereocenters. The van der Waals surface area contributed by atoms with E-state index in [9.17, 15) is 9.59 Å². The van der Waals surface area contributed by atoms with Crippen LogP contribution < -0.4 is 5.32 Å². The van der Waals surface area contributed by atoms with E-state index >= 15 is 0 Å². The van der Waals surface area contributed by atoms with E-state index in [0.29, 0.717) is 12.5 Å². The minimum absolute atomic E-state index is 0.000488. The maximum absolute atomic E-state index is 12.2. The van der Waals surface area contributed by atoms with Crippen LogP contribution in [0.15, 0.2) is 0 Å². The normalized spacial score (nSPS) is 29.0. The molecule has 0 aromatic rings. The molecule has 5 heteroatoms. The van der Waals surface area contributed by atoms with Gasteiger partial charge in [0.15, 0.2) is 0 Å². The van der Waals surface area contributed by atoms with Crippen molar-refractivity contribution in [2.45, 2.75) is 52.0 Å². The van der Waals surface area contributed by atoms with Crippen molar-refractivity contribution in [2.75, 3.05) is 20.6 Å². The van der Waals surface area contributed by atoms with E-state index in [4.69, 9.17) is 5.11 Å². The van der Waals surface area contributed by atoms with E-state index in [1.54, 1.807) is 13.8 Å². The molecule has 5 nitrogen and oxygen atoms in total. The molecule has 0 aromatic heterocycles. The lowest BCUT2D eigenvalue weighted by Gasteiger charge is -2.45. The molecule has 1 rings (SSSR count). The molecule has 0 bridgehead atoms. The molecule has 1 aliphatic carbocycles. The van der Waals surface area contributed by atoms with E-state index in [1.807, 2.05) is 0 Å². The number of amides is 1. The van der Waals surface area contributed by atoms with Gasteiger partial charge in [-0.15, -0.1) is 0 Å². The Balaban J connectivity index is 2.65. The number of aliphatic carboxylic acids is 1. The number of carbonyl (C=O) groups excluding carboxylic acids is 1. The van der Waals surface area contributed by atoms with Crippen LogP contribution in [-0.2, 0) is 9.59 Å². The molecule has 1 fully saturated rings. The van der Waals surface area contributed by atoms with Gasteiger partial charge in [0.05, 0.1) is 5.92 Å². The van der Waals surface area contributed by atoms with Gasteiger partial charge in [0.25, 0.3) is 0 Å². The van der Waals surface area contributed by atoms with Crippen LogP contribution in [0.2, 0.25) is 0 Å². The molecule has 2 N–H and O–H groups in total. The summed E-state index contributed by atoms with van der Waals surface area (Å²) in [5, 5.41) is 12.0. The monoisotopic (exact) mass is 298 g/mol. The van der Waals surface area contributed by atoms with E-state index in [1.165, 1.54) is 12.8 Å². The fraction of sp³-hybridized carbons (Fsp3) is 0.875. The van der Waals surface area contributed by atoms with Crippen LogP contribution in [0.1, 0.15) is 46.5 Å². The standard InChI is InChI=1S/C16H30N2O3/c1-11-7-6-8-16(9-11,18(4)5)10-17-14(19)12(2)13(3)15(20)21/h11-13H,6-10H2,1-5H3,(H,17,19)(H,20,21). The Morgan fingerprint density at radius 2 is 1.95 bits per heavy atom. The predicted octanol–water partition coefficient (Wildman–Crippen LogP) is 1.97. The minimum atomic E-state index is -0.925. The third-order valence-electron chi connectivity index (χ3n) is 5.16. The van der Waals surface area contributed by atoms with Gasteiger partial charge in [-0.05, 0) is 32.9 Å². The number of carbonyl (C=O) groups is 2. The molecule has 0 spiro atoms. The number of nitrogens with one attached hydrogen (secondary N) is 1. The Hall–Kier alpha value is -1.10. The Morgan fingerprint density at radius 1 is 1.33 bits per heavy atom. The highest BCUT2D eigenvalue weighted by atomic mass is 16.4. The van der Waals surface area contributed by atoms with Crippen molar-refractivity contribution >= 4 is 11.9 Å². The second kappa shape index (κ2) is 7.25. The van der Waals surface area contributed by atoms with E-state index in [2.05, 4.69) is 31.2 Å². The maximum atomic E-state index is 12.2. The van der Waals surface area contributed by atoms with Crippen molar-refractivity contribution in [1.29, 1.82) is 0 Å². The highest BCUT2D eigenvalue weighted by molar-refractivity contribution is 5.84. The molecule has 1 saturated carbocycles. The summed E-state index contributed by atoms with van der Waals surface area (Å²) in [5.74, 6) is -1.60. The van der Waals surface area contributed by atoms with Crippen LogP contribution in [0.5, 0.6) is 0 Å². The second-order valence-corrected chi connectivity index (χ2v) is 6.95. The van der Waals surface area contributed by atoms with Crippen molar-refractivity contribution in [1.82, 2.24) is 10.2 Å². The Morgan fingerprint density at radius 3 is 2.43 bits per heavy atom. The second-order valence-electron chi connectivity index (χ2n) is 6.95. The van der Waals surface area contributed by atoms with Crippen LogP contribution in [0.25, 0.3) is 0 Å². The number of hydrogen-bond donors (Lipinski definition) is 2. The summed E-state index contributed by atoms with van der Waals surface area (Å²) in [7, 11) is 4.13. The summed E-state index contributed by atoms with van der Waals surface area (Å²) in [6.45, 7) is 6.12. The summed E-state index contributed by atoms with van der Waals surface area (Å²) >= 11 is 0. The topological polar surface area (TPSA) is 69.6 Å². The molecule has 0 saturated heterocycles. The fourth-order valence-electron chi connectivity index (χ4n) is 3.21. The molecule has 1 amide bonds. The molecule has 4 atom stereocenters. The van der Waals surface area contributed by atoms with Crippen LogP contribution in [0, 0.1) is 17.8 Å². The molecule has 122 valence electrons. The highest BCUT2D eigenvalue weighted by Gasteiger charge is 2.37. The fourth-order valence-corrected chi connectivity index (χ4v) is 3.21. The highest BCUT2D eigenvalue weighted by Crippen LogP contribution is 2.35. The summed E-state index contributed by atoms with van der Waals surface area (Å²) in [6.07, 6.45) is 4.57. The van der Waals surface area contributed by atoms with Crippen molar-refractivity contribution < 1.29 is 14.7 Å². The van der Waals surface area contributed by atoms with Gasteiger partial charge >= 0.3 is 5.97 Å². The van der Waals surface area contributed by atoms with Crippen molar-refractivity contribution in [3.63, 3.8) is 0 Å². The lowest BCUT2D eigenvalue weighted by Crippen LogP contribution is -2.55. The zero-order valence-corrected chi connectivity index (χ0v) is 14.0. The summed E-state index contributed by atoms with van der Waals surface area (Å²) < 4.78 is 0. The number of nitrogens with zero attached hydrogens (tertiary/aromatic N) is 1. The van der Waals surface area contributed by atoms with Crippen LogP contribution >= 0.6 is 0 Å². The maximum Gasteiger partial charge on any atom is 0.307 e. The first-order valence-corrected chi connectivity index (χ1v) is 7.87. The van der Waals surface area contributed by atoms with Crippen LogP contribution in [0.4, 0.5) is 0 Å². The lowest BCUT2D eigenvalue weighted by atomic mass is 9.75. The van der Waals surface area contributed by atoms with Gasteiger partial charge < -0.3 is 15.3 Å². The molecule has 0 aliphatic heterocycles. The zero-order valence-electron chi connectivity index (χ0n) is 14.0. The molecular formula is C16H30N2O3. The first kappa shape index (κ1) is 18.0. The van der Waals surface area contributed by atoms with Crippen molar-refractivity contribution in [3.05, 3.63) is 0 Å². The first-order valence-electron chi connectivity index (χ1n) is 7.87. The van der Waals surface area contributed by atoms with E-state index < -0.39 is 17.8 Å². The third kappa shape index (κ3) is 4.43. The summed E-state index contributed by atoms with van der Waals surface area (Å²) in [5.41, 5.74) is -0.000488. The van der Waals surface area contributed by atoms with Gasteiger partial charge in [-0.25, -0.2) is 0 Å². The van der Waals surface area contributed by atoms with E-state index in [0.717, 1.165) is 12.8 Å². The van der Waals surface area contributed by atoms with Crippen LogP contribution in [0.3, 0.4) is 0 Å². The average molecular weight is 298 g/mol. The zero-order chi connectivity index (χ0) is 16.2. The number of carboxylic acids is 1. The average Bonchev–Trinajstić information content (AvgIpc) is 2.42. The first-order chi connectivity index (χ1) is 9.69. The van der Waals surface area contributed by atoms with Gasteiger partial charge in [0, 0.05) is 18.0 Å². The SMILES string of the molecule is CC1CCCC(CNC(=O)C(C)C(C)C(=O)O)(N(C)C)C1. The van der Waals surface area contributed by atoms with Crippen molar-refractivity contribution in [3.8, 4) is 0 Å². The predicted molar refractivity (Wildman–Crippen MR) is 83.0 cm³/mol. The van der Waals surface area contributed by atoms with Gasteiger partial charge in [-0.2, -0.15) is 0 Å². The Labute approximate surface area is 128 Å². The van der Waals surface area contributed by atoms with Gasteiger partial charge in [0.1, 0.15) is 0 Å². The molecule has 0 heterocycles. The summed E-state index contributed by atoms with van der Waals surface area (Å²) in [4.78, 5) is 25.4. The third-order valence-corrected chi connectivity index (χ3v) is 5.16. The van der Waals surface area contributed by atoms with Crippen molar-refractivity contribution in [2.24, 2.45) is 17.8 Å². The lowest BCUT2D eigenvalue weighted by molar-refractivity contribution is -0.146. The largest absolute Gasteiger partial charge is 0.481 e. The molecule has 0 aromatic carbocycles. The molecule has 21 heavy (non-hydrogen) atoms. The van der Waals surface area contributed by atoms with Gasteiger partial charge in [-0.3, -0.25) is 9.59 Å². The van der Waals surface area contributed by atoms with Gasteiger partial charge in [-0.1, -0.05) is 33.6 Å². The molecule has 1 aliphatic rings. The Bertz CT molecular complexity index is 384. The summed E-state index contributed by atoms with van der Waals surface area (Å²) in [6, 6.07) is 0. The molecular weight excluding hydrogens is 268 g/mol. The smallest absolute Gasteiger partial charge is 0.307 e. The van der Waals surface area contributed by atoms with Gasteiger partial charge in [0.2, 0.25) is 5.91 Å². The molecule has 0 radical (unpaired) electrons. The van der Waals surface area contributed by atoms with Crippen LogP contribution in [-0.4, -0.2) is 48.1 Å². The Kier molecular flexibility index (Phi) is 6.20. The number of likely N-dealkylation sites (N-methyl/N-ethyl adjacent to an activating group) is 1. The minimum Gasteiger partial charge on any atom is -0.481 e. The quantitative estimate of drug-likeness (QED) is 0.786. The number of rotatable bonds is 6. The number of hydrogen-bond acceptors (Lipinski definition) is 3. The number of carboxylic acid groups (broad SMARTS) is 1. The van der Waals surface area contributed by atoms with E-state index in [-0.39, 0.29) is 11.4 Å².